The van der Waals surface area contributed by atoms with Gasteiger partial charge in [-0.15, -0.1) is 0 Å². The summed E-state index contributed by atoms with van der Waals surface area (Å²) in [4.78, 5) is 29.6. The van der Waals surface area contributed by atoms with Crippen molar-refractivity contribution in [1.82, 2.24) is 10.2 Å². The molecular weight excluding hydrogens is 614 g/mol. The lowest BCUT2D eigenvalue weighted by Gasteiger charge is -2.34. The quantitative estimate of drug-likeness (QED) is 0.238. The van der Waals surface area contributed by atoms with Gasteiger partial charge in [-0.2, -0.15) is 0 Å². The molecule has 0 bridgehead atoms. The Morgan fingerprint density at radius 3 is 2.22 bits per heavy atom. The lowest BCUT2D eigenvalue weighted by atomic mass is 9.95. The number of sulfonamides is 1. The van der Waals surface area contributed by atoms with Gasteiger partial charge in [0.1, 0.15) is 24.1 Å². The zero-order chi connectivity index (χ0) is 32.6. The molecule has 0 aromatic heterocycles. The summed E-state index contributed by atoms with van der Waals surface area (Å²) in [6, 6.07) is 17.4. The van der Waals surface area contributed by atoms with E-state index in [1.54, 1.807) is 43.5 Å². The van der Waals surface area contributed by atoms with Gasteiger partial charge in [-0.1, -0.05) is 67.6 Å². The Bertz CT molecular complexity index is 1560. The maximum atomic E-state index is 14.4. The number of nitrogens with zero attached hydrogens (tertiary/aromatic N) is 2. The normalized spacial score (nSPS) is 14.3. The van der Waals surface area contributed by atoms with Crippen molar-refractivity contribution in [3.8, 4) is 11.5 Å². The summed E-state index contributed by atoms with van der Waals surface area (Å²) in [5, 5.41) is 3.43. The summed E-state index contributed by atoms with van der Waals surface area (Å²) in [5.41, 5.74) is 1.77. The second-order valence-electron chi connectivity index (χ2n) is 11.3. The summed E-state index contributed by atoms with van der Waals surface area (Å²) in [6.45, 7) is 3.21. The molecular formula is C34H42ClN3O6S. The standard InChI is InChI=1S/C34H42ClN3O6S/c1-5-30(34(40)36-27-9-7-6-8-10-27)37(22-25-13-16-28(43-3)17-14-25)33(39)23-38(31-21-26(35)15-20-32(31)44-4)45(41,42)29-18-11-24(2)12-19-29/h11-21,27,30H,5-10,22-23H2,1-4H3,(H,36,40). The molecule has 1 fully saturated rings. The molecule has 9 nitrogen and oxygen atoms in total. The molecule has 45 heavy (non-hydrogen) atoms. The van der Waals surface area contributed by atoms with E-state index >= 15 is 0 Å². The first kappa shape index (κ1) is 34.1. The first-order valence-corrected chi connectivity index (χ1v) is 17.0. The fourth-order valence-corrected chi connectivity index (χ4v) is 7.18. The predicted octanol–water partition coefficient (Wildman–Crippen LogP) is 6.12. The molecule has 1 atom stereocenters. The van der Waals surface area contributed by atoms with E-state index in [-0.39, 0.29) is 39.8 Å². The number of carbonyl (C=O) groups excluding carboxylic acids is 2. The second-order valence-corrected chi connectivity index (χ2v) is 13.6. The molecule has 1 unspecified atom stereocenters. The van der Waals surface area contributed by atoms with E-state index in [2.05, 4.69) is 5.32 Å². The van der Waals surface area contributed by atoms with Gasteiger partial charge in [-0.3, -0.25) is 13.9 Å². The summed E-state index contributed by atoms with van der Waals surface area (Å²) < 4.78 is 40.2. The van der Waals surface area contributed by atoms with Crippen LogP contribution in [0.5, 0.6) is 11.5 Å². The number of hydrogen-bond donors (Lipinski definition) is 1. The van der Waals surface area contributed by atoms with Gasteiger partial charge in [0.15, 0.2) is 0 Å². The average Bonchev–Trinajstić information content (AvgIpc) is 3.04. The monoisotopic (exact) mass is 655 g/mol. The van der Waals surface area contributed by atoms with E-state index in [1.807, 2.05) is 26.0 Å². The summed E-state index contributed by atoms with van der Waals surface area (Å²) in [6.07, 6.45) is 5.36. The fourth-order valence-electron chi connectivity index (χ4n) is 5.60. The molecule has 0 spiro atoms. The van der Waals surface area contributed by atoms with Crippen LogP contribution >= 0.6 is 11.6 Å². The lowest BCUT2D eigenvalue weighted by Crippen LogP contribution is -2.54. The van der Waals surface area contributed by atoms with Crippen molar-refractivity contribution in [2.24, 2.45) is 0 Å². The van der Waals surface area contributed by atoms with Crippen LogP contribution in [0.1, 0.15) is 56.6 Å². The maximum Gasteiger partial charge on any atom is 0.264 e. The number of aryl methyl sites for hydroxylation is 1. The van der Waals surface area contributed by atoms with Crippen LogP contribution in [0.3, 0.4) is 0 Å². The number of nitrogens with one attached hydrogen (secondary N) is 1. The minimum atomic E-state index is -4.28. The number of ether oxygens (including phenoxy) is 2. The van der Waals surface area contributed by atoms with Crippen LogP contribution in [-0.4, -0.2) is 58.0 Å². The number of methoxy groups -OCH3 is 2. The summed E-state index contributed by atoms with van der Waals surface area (Å²) >= 11 is 6.34. The highest BCUT2D eigenvalue weighted by atomic mass is 35.5. The van der Waals surface area contributed by atoms with Crippen LogP contribution in [-0.2, 0) is 26.2 Å². The van der Waals surface area contributed by atoms with E-state index in [4.69, 9.17) is 21.1 Å². The molecule has 3 aromatic carbocycles. The van der Waals surface area contributed by atoms with Gasteiger partial charge in [0.05, 0.1) is 24.8 Å². The number of halogens is 1. The number of anilines is 1. The van der Waals surface area contributed by atoms with Crippen LogP contribution < -0.4 is 19.1 Å². The third-order valence-corrected chi connectivity index (χ3v) is 10.2. The fraction of sp³-hybridized carbons (Fsp3) is 0.412. The highest BCUT2D eigenvalue weighted by Crippen LogP contribution is 2.35. The number of hydrogen-bond acceptors (Lipinski definition) is 6. The van der Waals surface area contributed by atoms with Gasteiger partial charge in [-0.25, -0.2) is 8.42 Å². The number of carbonyl (C=O) groups is 2. The van der Waals surface area contributed by atoms with Crippen molar-refractivity contribution in [2.75, 3.05) is 25.1 Å². The van der Waals surface area contributed by atoms with Crippen molar-refractivity contribution in [1.29, 1.82) is 0 Å². The lowest BCUT2D eigenvalue weighted by molar-refractivity contribution is -0.140. The van der Waals surface area contributed by atoms with Gasteiger partial charge < -0.3 is 19.7 Å². The molecule has 2 amide bonds. The molecule has 1 N–H and O–H groups in total. The molecule has 0 heterocycles. The van der Waals surface area contributed by atoms with Crippen LogP contribution in [0.25, 0.3) is 0 Å². The van der Waals surface area contributed by atoms with Gasteiger partial charge >= 0.3 is 0 Å². The second kappa shape index (κ2) is 15.5. The Labute approximate surface area is 271 Å². The van der Waals surface area contributed by atoms with Crippen molar-refractivity contribution in [3.63, 3.8) is 0 Å². The zero-order valence-corrected chi connectivity index (χ0v) is 27.9. The van der Waals surface area contributed by atoms with E-state index in [0.717, 1.165) is 47.5 Å². The third kappa shape index (κ3) is 8.49. The molecule has 0 aliphatic heterocycles. The van der Waals surface area contributed by atoms with E-state index < -0.39 is 28.5 Å². The number of rotatable bonds is 13. The molecule has 242 valence electrons. The van der Waals surface area contributed by atoms with Crippen molar-refractivity contribution in [3.05, 3.63) is 82.9 Å². The Morgan fingerprint density at radius 2 is 1.62 bits per heavy atom. The van der Waals surface area contributed by atoms with Gasteiger partial charge in [0.25, 0.3) is 10.0 Å². The molecule has 1 aliphatic rings. The predicted molar refractivity (Wildman–Crippen MR) is 176 cm³/mol. The van der Waals surface area contributed by atoms with Crippen LogP contribution in [0.2, 0.25) is 5.02 Å². The molecule has 11 heteroatoms. The third-order valence-electron chi connectivity index (χ3n) is 8.15. The first-order valence-electron chi connectivity index (χ1n) is 15.2. The Hall–Kier alpha value is -3.76. The van der Waals surface area contributed by atoms with E-state index in [0.29, 0.717) is 12.2 Å². The average molecular weight is 656 g/mol. The number of benzene rings is 3. The van der Waals surface area contributed by atoms with Gasteiger partial charge in [-0.05, 0) is 74.2 Å². The minimum Gasteiger partial charge on any atom is -0.497 e. The van der Waals surface area contributed by atoms with E-state index in [9.17, 15) is 18.0 Å². The Balaban J connectivity index is 1.75. The molecule has 0 radical (unpaired) electrons. The van der Waals surface area contributed by atoms with Crippen LogP contribution in [0, 0.1) is 6.92 Å². The highest BCUT2D eigenvalue weighted by molar-refractivity contribution is 7.92. The summed E-state index contributed by atoms with van der Waals surface area (Å²) in [5.74, 6) is 0.0857. The first-order chi connectivity index (χ1) is 21.6. The number of amides is 2. The topological polar surface area (TPSA) is 105 Å². The van der Waals surface area contributed by atoms with E-state index in [1.165, 1.54) is 30.2 Å². The smallest absolute Gasteiger partial charge is 0.264 e. The molecule has 1 saturated carbocycles. The Kier molecular flexibility index (Phi) is 11.7. The SMILES string of the molecule is CCC(C(=O)NC1CCCCC1)N(Cc1ccc(OC)cc1)C(=O)CN(c1cc(Cl)ccc1OC)S(=O)(=O)c1ccc(C)cc1. The zero-order valence-electron chi connectivity index (χ0n) is 26.3. The molecule has 3 aromatic rings. The van der Waals surface area contributed by atoms with Crippen molar-refractivity contribution in [2.45, 2.75) is 75.9 Å². The Morgan fingerprint density at radius 1 is 0.956 bits per heavy atom. The van der Waals surface area contributed by atoms with Crippen molar-refractivity contribution < 1.29 is 27.5 Å². The van der Waals surface area contributed by atoms with Crippen molar-refractivity contribution >= 4 is 39.1 Å². The molecule has 4 rings (SSSR count). The molecule has 1 aliphatic carbocycles. The highest BCUT2D eigenvalue weighted by Gasteiger charge is 2.35. The summed E-state index contributed by atoms with van der Waals surface area (Å²) in [7, 11) is -1.29. The van der Waals surface area contributed by atoms with Crippen LogP contribution in [0.15, 0.2) is 71.6 Å². The molecule has 0 saturated heterocycles. The van der Waals surface area contributed by atoms with Gasteiger partial charge in [0, 0.05) is 17.6 Å². The van der Waals surface area contributed by atoms with Gasteiger partial charge in [0.2, 0.25) is 11.8 Å². The minimum absolute atomic E-state index is 0.00622. The maximum absolute atomic E-state index is 14.4. The van der Waals surface area contributed by atoms with Crippen LogP contribution in [0.4, 0.5) is 5.69 Å². The largest absolute Gasteiger partial charge is 0.497 e.